The molecule has 1 fully saturated rings. The third-order valence-electron chi connectivity index (χ3n) is 5.06. The SMILES string of the molecule is CN=C(NCCc1cc2ccccc2[nH]1)NC1CCN(c2ncccc2F)C1.I. The largest absolute Gasteiger partial charge is 0.358 e. The van der Waals surface area contributed by atoms with E-state index in [1.807, 2.05) is 17.0 Å². The average molecular weight is 508 g/mol. The van der Waals surface area contributed by atoms with Gasteiger partial charge in [0.15, 0.2) is 17.6 Å². The maximum atomic E-state index is 13.9. The molecule has 6 nitrogen and oxygen atoms in total. The molecule has 4 rings (SSSR count). The molecule has 8 heteroatoms. The van der Waals surface area contributed by atoms with E-state index in [0.29, 0.717) is 12.4 Å². The second-order valence-corrected chi connectivity index (χ2v) is 7.02. The van der Waals surface area contributed by atoms with Gasteiger partial charge in [-0.1, -0.05) is 18.2 Å². The molecule has 1 aliphatic heterocycles. The van der Waals surface area contributed by atoms with E-state index in [4.69, 9.17) is 0 Å². The van der Waals surface area contributed by atoms with E-state index in [9.17, 15) is 4.39 Å². The van der Waals surface area contributed by atoms with Gasteiger partial charge < -0.3 is 20.5 Å². The van der Waals surface area contributed by atoms with E-state index in [-0.39, 0.29) is 35.8 Å². The minimum absolute atomic E-state index is 0. The van der Waals surface area contributed by atoms with Crippen LogP contribution in [0, 0.1) is 5.82 Å². The van der Waals surface area contributed by atoms with Crippen molar-refractivity contribution in [1.29, 1.82) is 0 Å². The maximum absolute atomic E-state index is 13.9. The number of hydrogen-bond donors (Lipinski definition) is 3. The van der Waals surface area contributed by atoms with Crippen molar-refractivity contribution in [2.24, 2.45) is 4.99 Å². The lowest BCUT2D eigenvalue weighted by molar-refractivity contribution is 0.612. The fraction of sp³-hybridized carbons (Fsp3) is 0.333. The van der Waals surface area contributed by atoms with Crippen LogP contribution in [0.1, 0.15) is 12.1 Å². The van der Waals surface area contributed by atoms with Crippen molar-refractivity contribution < 1.29 is 4.39 Å². The number of aromatic amines is 1. The summed E-state index contributed by atoms with van der Waals surface area (Å²) in [6.07, 6.45) is 3.42. The van der Waals surface area contributed by atoms with Crippen LogP contribution >= 0.6 is 24.0 Å². The lowest BCUT2D eigenvalue weighted by Gasteiger charge is -2.19. The van der Waals surface area contributed by atoms with E-state index >= 15 is 0 Å². The third kappa shape index (κ3) is 5.17. The summed E-state index contributed by atoms with van der Waals surface area (Å²) in [5.41, 5.74) is 2.36. The van der Waals surface area contributed by atoms with Crippen molar-refractivity contribution >= 4 is 46.7 Å². The normalized spacial score (nSPS) is 16.7. The number of nitrogens with one attached hydrogen (secondary N) is 3. The Kier molecular flexibility index (Phi) is 7.29. The summed E-state index contributed by atoms with van der Waals surface area (Å²) < 4.78 is 13.9. The zero-order chi connectivity index (χ0) is 19.3. The van der Waals surface area contributed by atoms with Crippen molar-refractivity contribution in [1.82, 2.24) is 20.6 Å². The summed E-state index contributed by atoms with van der Waals surface area (Å²) in [6, 6.07) is 13.7. The smallest absolute Gasteiger partial charge is 0.191 e. The lowest BCUT2D eigenvalue weighted by atomic mass is 10.2. The average Bonchev–Trinajstić information content (AvgIpc) is 3.34. The summed E-state index contributed by atoms with van der Waals surface area (Å²) in [4.78, 5) is 13.9. The molecule has 3 N–H and O–H groups in total. The van der Waals surface area contributed by atoms with Gasteiger partial charge in [0.05, 0.1) is 0 Å². The molecule has 1 saturated heterocycles. The number of halogens is 2. The van der Waals surface area contributed by atoms with Crippen molar-refractivity contribution in [2.75, 3.05) is 31.6 Å². The highest BCUT2D eigenvalue weighted by Crippen LogP contribution is 2.20. The van der Waals surface area contributed by atoms with Crippen LogP contribution in [0.5, 0.6) is 0 Å². The number of hydrogen-bond acceptors (Lipinski definition) is 3. The fourth-order valence-electron chi connectivity index (χ4n) is 3.65. The van der Waals surface area contributed by atoms with Gasteiger partial charge in [0.2, 0.25) is 0 Å². The molecule has 29 heavy (non-hydrogen) atoms. The number of fused-ring (bicyclic) bond motifs is 1. The minimum atomic E-state index is -0.274. The lowest BCUT2D eigenvalue weighted by Crippen LogP contribution is -2.45. The standard InChI is InChI=1S/C21H25FN6.HI/c1-23-21(25-11-8-16-13-15-5-2-3-7-19(15)26-16)27-17-9-12-28(14-17)20-18(22)6-4-10-24-20;/h2-7,10,13,17,26H,8-9,11-12,14H2,1H3,(H2,23,25,27);1H. The van der Waals surface area contributed by atoms with Crippen molar-refractivity contribution in [3.63, 3.8) is 0 Å². The Hall–Kier alpha value is -2.36. The number of anilines is 1. The van der Waals surface area contributed by atoms with Gasteiger partial charge in [-0.2, -0.15) is 0 Å². The van der Waals surface area contributed by atoms with E-state index in [1.54, 1.807) is 19.3 Å². The van der Waals surface area contributed by atoms with Gasteiger partial charge in [-0.3, -0.25) is 4.99 Å². The van der Waals surface area contributed by atoms with Crippen molar-refractivity contribution in [2.45, 2.75) is 18.9 Å². The topological polar surface area (TPSA) is 68.3 Å². The highest BCUT2D eigenvalue weighted by Gasteiger charge is 2.25. The van der Waals surface area contributed by atoms with Crippen LogP contribution in [0.3, 0.4) is 0 Å². The quantitative estimate of drug-likeness (QED) is 0.281. The third-order valence-corrected chi connectivity index (χ3v) is 5.06. The van der Waals surface area contributed by atoms with Gasteiger partial charge in [0.25, 0.3) is 0 Å². The molecule has 0 aliphatic carbocycles. The molecule has 0 saturated carbocycles. The first-order chi connectivity index (χ1) is 13.7. The van der Waals surface area contributed by atoms with Crippen LogP contribution in [-0.4, -0.2) is 48.7 Å². The Labute approximate surface area is 187 Å². The molecule has 1 aliphatic rings. The molecule has 1 aromatic carbocycles. The van der Waals surface area contributed by atoms with Crippen LogP contribution in [0.15, 0.2) is 53.7 Å². The minimum Gasteiger partial charge on any atom is -0.358 e. The van der Waals surface area contributed by atoms with E-state index in [2.05, 4.69) is 43.8 Å². The summed E-state index contributed by atoms with van der Waals surface area (Å²) in [6.45, 7) is 2.26. The summed E-state index contributed by atoms with van der Waals surface area (Å²) in [5.74, 6) is 0.919. The van der Waals surface area contributed by atoms with E-state index in [1.165, 1.54) is 17.1 Å². The highest BCUT2D eigenvalue weighted by molar-refractivity contribution is 14.0. The molecule has 154 valence electrons. The summed E-state index contributed by atoms with van der Waals surface area (Å²) in [7, 11) is 1.77. The van der Waals surface area contributed by atoms with Crippen molar-refractivity contribution in [3.05, 3.63) is 60.2 Å². The molecular formula is C21H26FIN6. The number of aromatic nitrogens is 2. The van der Waals surface area contributed by atoms with Gasteiger partial charge in [-0.15, -0.1) is 24.0 Å². The van der Waals surface area contributed by atoms with Gasteiger partial charge in [0.1, 0.15) is 0 Å². The molecule has 0 radical (unpaired) electrons. The van der Waals surface area contributed by atoms with Gasteiger partial charge in [-0.25, -0.2) is 9.37 Å². The van der Waals surface area contributed by atoms with E-state index < -0.39 is 0 Å². The van der Waals surface area contributed by atoms with Gasteiger partial charge in [-0.05, 0) is 36.1 Å². The Morgan fingerprint density at radius 3 is 2.97 bits per heavy atom. The molecule has 0 bridgehead atoms. The van der Waals surface area contributed by atoms with Gasteiger partial charge in [0, 0.05) is 56.6 Å². The number of aliphatic imine (C=N–C) groups is 1. The number of para-hydroxylation sites is 1. The Morgan fingerprint density at radius 2 is 2.17 bits per heavy atom. The Bertz CT molecular complexity index is 939. The monoisotopic (exact) mass is 508 g/mol. The predicted molar refractivity (Wildman–Crippen MR) is 127 cm³/mol. The molecular weight excluding hydrogens is 482 g/mol. The second-order valence-electron chi connectivity index (χ2n) is 7.02. The first-order valence-electron chi connectivity index (χ1n) is 9.62. The molecule has 2 aromatic heterocycles. The van der Waals surface area contributed by atoms with Gasteiger partial charge >= 0.3 is 0 Å². The van der Waals surface area contributed by atoms with Crippen LogP contribution in [0.4, 0.5) is 10.2 Å². The zero-order valence-electron chi connectivity index (χ0n) is 16.4. The number of H-pyrrole nitrogens is 1. The molecule has 0 amide bonds. The molecule has 3 aromatic rings. The summed E-state index contributed by atoms with van der Waals surface area (Å²) in [5, 5.41) is 8.03. The first-order valence-corrected chi connectivity index (χ1v) is 9.62. The van der Waals surface area contributed by atoms with Crippen molar-refractivity contribution in [3.8, 4) is 0 Å². The highest BCUT2D eigenvalue weighted by atomic mass is 127. The van der Waals surface area contributed by atoms with Crippen LogP contribution < -0.4 is 15.5 Å². The maximum Gasteiger partial charge on any atom is 0.191 e. The van der Waals surface area contributed by atoms with Crippen LogP contribution in [0.2, 0.25) is 0 Å². The number of pyridine rings is 1. The number of nitrogens with zero attached hydrogens (tertiary/aromatic N) is 3. The molecule has 1 unspecified atom stereocenters. The van der Waals surface area contributed by atoms with E-state index in [0.717, 1.165) is 37.4 Å². The molecule has 3 heterocycles. The number of guanidine groups is 1. The Balaban J connectivity index is 0.00000240. The van der Waals surface area contributed by atoms with Crippen LogP contribution in [0.25, 0.3) is 10.9 Å². The fourth-order valence-corrected chi connectivity index (χ4v) is 3.65. The Morgan fingerprint density at radius 1 is 1.31 bits per heavy atom. The summed E-state index contributed by atoms with van der Waals surface area (Å²) >= 11 is 0. The second kappa shape index (κ2) is 9.91. The number of benzene rings is 1. The first kappa shape index (κ1) is 21.4. The zero-order valence-corrected chi connectivity index (χ0v) is 18.7. The van der Waals surface area contributed by atoms with Crippen LogP contribution in [-0.2, 0) is 6.42 Å². The number of rotatable bonds is 5. The molecule has 0 spiro atoms. The molecule has 1 atom stereocenters. The predicted octanol–water partition coefficient (Wildman–Crippen LogP) is 3.31.